The number of carbonyl (C=O) groups excluding carboxylic acids is 2. The maximum absolute atomic E-state index is 12.9. The molecule has 0 spiro atoms. The Bertz CT molecular complexity index is 1590. The number of carbonyl (C=O) groups is 2. The molecule has 3 aromatic carbocycles. The summed E-state index contributed by atoms with van der Waals surface area (Å²) >= 11 is 0. The highest BCUT2D eigenvalue weighted by atomic mass is 16.5. The van der Waals surface area contributed by atoms with Crippen LogP contribution < -0.4 is 10.9 Å². The molecule has 38 heavy (non-hydrogen) atoms. The Labute approximate surface area is 215 Å². The number of nitrogens with zero attached hydrogens (tertiary/aromatic N) is 1. The number of H-pyrrole nitrogens is 1. The third kappa shape index (κ3) is 4.57. The molecule has 5 rings (SSSR count). The molecule has 4 aromatic rings. The molecule has 0 bridgehead atoms. The van der Waals surface area contributed by atoms with Gasteiger partial charge in [0.1, 0.15) is 34.8 Å². The van der Waals surface area contributed by atoms with Gasteiger partial charge in [0.15, 0.2) is 0 Å². The van der Waals surface area contributed by atoms with Gasteiger partial charge in [-0.15, -0.1) is 0 Å². The van der Waals surface area contributed by atoms with Crippen LogP contribution in [-0.2, 0) is 4.74 Å². The van der Waals surface area contributed by atoms with Gasteiger partial charge in [-0.3, -0.25) is 9.59 Å². The van der Waals surface area contributed by atoms with E-state index in [4.69, 9.17) is 4.74 Å². The number of phenolic OH excluding ortho intramolecular Hbond substituents is 4. The van der Waals surface area contributed by atoms with E-state index in [9.17, 15) is 34.8 Å². The lowest BCUT2D eigenvalue weighted by atomic mass is 10.0. The van der Waals surface area contributed by atoms with E-state index in [2.05, 4.69) is 15.5 Å². The minimum atomic E-state index is -0.819. The zero-order chi connectivity index (χ0) is 27.0. The van der Waals surface area contributed by atoms with Gasteiger partial charge in [-0.05, 0) is 67.8 Å². The van der Waals surface area contributed by atoms with Crippen LogP contribution in [0.1, 0.15) is 40.0 Å². The number of amides is 1. The fourth-order valence-corrected chi connectivity index (χ4v) is 4.66. The van der Waals surface area contributed by atoms with Crippen LogP contribution >= 0.6 is 0 Å². The first-order valence-electron chi connectivity index (χ1n) is 11.8. The molecule has 0 unspecified atom stereocenters. The number of ether oxygens (including phenoxy) is 1. The highest BCUT2D eigenvalue weighted by Gasteiger charge is 2.33. The minimum Gasteiger partial charge on any atom is -0.508 e. The van der Waals surface area contributed by atoms with Gasteiger partial charge in [0.05, 0.1) is 27.9 Å². The van der Waals surface area contributed by atoms with Gasteiger partial charge in [0.2, 0.25) is 0 Å². The molecule has 194 valence electrons. The molecule has 2 atom stereocenters. The van der Waals surface area contributed by atoms with Crippen LogP contribution in [0.5, 0.6) is 23.0 Å². The number of hydrogen-bond donors (Lipinski definition) is 6. The first kappa shape index (κ1) is 24.6. The molecule has 0 aliphatic heterocycles. The lowest BCUT2D eigenvalue weighted by Crippen LogP contribution is -2.41. The number of nitrogens with one attached hydrogen (secondary N) is 2. The topological polar surface area (TPSA) is 182 Å². The van der Waals surface area contributed by atoms with Crippen LogP contribution in [0.2, 0.25) is 0 Å². The van der Waals surface area contributed by atoms with Crippen LogP contribution in [-0.4, -0.2) is 54.6 Å². The number of aromatic amines is 1. The monoisotopic (exact) mass is 517 g/mol. The first-order chi connectivity index (χ1) is 18.2. The smallest absolute Gasteiger partial charge is 0.338 e. The second-order valence-corrected chi connectivity index (χ2v) is 8.99. The molecule has 1 amide bonds. The zero-order valence-electron chi connectivity index (χ0n) is 19.8. The van der Waals surface area contributed by atoms with E-state index in [1.165, 1.54) is 42.5 Å². The first-order valence-corrected chi connectivity index (χ1v) is 11.8. The Morgan fingerprint density at radius 1 is 0.921 bits per heavy atom. The second kappa shape index (κ2) is 9.77. The number of esters is 1. The highest BCUT2D eigenvalue weighted by molar-refractivity contribution is 6.01. The molecule has 1 aliphatic carbocycles. The Morgan fingerprint density at radius 2 is 1.63 bits per heavy atom. The summed E-state index contributed by atoms with van der Waals surface area (Å²) in [4.78, 5) is 37.6. The van der Waals surface area contributed by atoms with E-state index in [-0.39, 0.29) is 45.0 Å². The van der Waals surface area contributed by atoms with Crippen molar-refractivity contribution in [3.05, 3.63) is 76.1 Å². The van der Waals surface area contributed by atoms with Gasteiger partial charge in [0, 0.05) is 5.56 Å². The number of benzene rings is 3. The summed E-state index contributed by atoms with van der Waals surface area (Å²) in [5.41, 5.74) is -0.635. The highest BCUT2D eigenvalue weighted by Crippen LogP contribution is 2.42. The third-order valence-electron chi connectivity index (χ3n) is 6.52. The standard InChI is InChI=1S/C27H23N3O8/c31-15-9-7-13(8-10-15)25(35)28-17-4-2-6-21(17)38-27(37)14-11-19(33)23(20(34)12-14)24-22-16(26(36)30-29-24)3-1-5-18(22)32/h1,3,5,7-12,17,21,31-34H,2,4,6H2,(H,28,35)(H,30,36)/t17-,21-/m1/s1. The van der Waals surface area contributed by atoms with Crippen molar-refractivity contribution in [2.75, 3.05) is 0 Å². The number of phenols is 4. The van der Waals surface area contributed by atoms with Crippen molar-refractivity contribution in [2.45, 2.75) is 31.4 Å². The Hall–Kier alpha value is -5.06. The molecule has 11 nitrogen and oxygen atoms in total. The maximum Gasteiger partial charge on any atom is 0.338 e. The zero-order valence-corrected chi connectivity index (χ0v) is 19.8. The van der Waals surface area contributed by atoms with Gasteiger partial charge < -0.3 is 30.5 Å². The molecular formula is C27H23N3O8. The molecule has 6 N–H and O–H groups in total. The number of aromatic hydroxyl groups is 4. The molecule has 1 saturated carbocycles. The van der Waals surface area contributed by atoms with Crippen molar-refractivity contribution in [3.63, 3.8) is 0 Å². The van der Waals surface area contributed by atoms with Crippen LogP contribution in [0.25, 0.3) is 22.0 Å². The number of hydrogen-bond acceptors (Lipinski definition) is 9. The van der Waals surface area contributed by atoms with Gasteiger partial charge in [-0.25, -0.2) is 9.89 Å². The fraction of sp³-hybridized carbons (Fsp3) is 0.185. The molecule has 1 aromatic heterocycles. The van der Waals surface area contributed by atoms with Crippen molar-refractivity contribution in [1.82, 2.24) is 15.5 Å². The van der Waals surface area contributed by atoms with Gasteiger partial charge in [-0.1, -0.05) is 6.07 Å². The third-order valence-corrected chi connectivity index (χ3v) is 6.52. The lowest BCUT2D eigenvalue weighted by Gasteiger charge is -2.21. The summed E-state index contributed by atoms with van der Waals surface area (Å²) < 4.78 is 5.61. The van der Waals surface area contributed by atoms with E-state index in [0.29, 0.717) is 24.8 Å². The molecule has 11 heteroatoms. The van der Waals surface area contributed by atoms with Gasteiger partial charge >= 0.3 is 5.97 Å². The normalized spacial score (nSPS) is 16.8. The van der Waals surface area contributed by atoms with Crippen LogP contribution in [0.4, 0.5) is 0 Å². The minimum absolute atomic E-state index is 0.0235. The van der Waals surface area contributed by atoms with Crippen molar-refractivity contribution >= 4 is 22.6 Å². The van der Waals surface area contributed by atoms with Crippen LogP contribution in [0.15, 0.2) is 59.4 Å². The Morgan fingerprint density at radius 3 is 2.34 bits per heavy atom. The number of rotatable bonds is 5. The number of fused-ring (bicyclic) bond motifs is 1. The summed E-state index contributed by atoms with van der Waals surface area (Å²) in [7, 11) is 0. The lowest BCUT2D eigenvalue weighted by molar-refractivity contribution is 0.0249. The van der Waals surface area contributed by atoms with E-state index in [1.807, 2.05) is 0 Å². The largest absolute Gasteiger partial charge is 0.508 e. The van der Waals surface area contributed by atoms with Crippen LogP contribution in [0.3, 0.4) is 0 Å². The van der Waals surface area contributed by atoms with Crippen molar-refractivity contribution < 1.29 is 34.8 Å². The van der Waals surface area contributed by atoms with Crippen molar-refractivity contribution in [3.8, 4) is 34.3 Å². The molecule has 0 radical (unpaired) electrons. The van der Waals surface area contributed by atoms with E-state index in [0.717, 1.165) is 12.1 Å². The summed E-state index contributed by atoms with van der Waals surface area (Å²) in [6.07, 6.45) is 1.18. The van der Waals surface area contributed by atoms with Gasteiger partial charge in [-0.2, -0.15) is 5.10 Å². The van der Waals surface area contributed by atoms with Crippen LogP contribution in [0, 0.1) is 0 Å². The maximum atomic E-state index is 12.9. The molecular weight excluding hydrogens is 494 g/mol. The summed E-state index contributed by atoms with van der Waals surface area (Å²) in [6.45, 7) is 0. The molecule has 1 heterocycles. The molecule has 1 aliphatic rings. The number of aromatic nitrogens is 2. The van der Waals surface area contributed by atoms with E-state index < -0.39 is 35.2 Å². The average molecular weight is 517 g/mol. The summed E-state index contributed by atoms with van der Waals surface area (Å²) in [6, 6.07) is 11.8. The predicted octanol–water partition coefficient (Wildman–Crippen LogP) is 2.92. The Balaban J connectivity index is 1.37. The summed E-state index contributed by atoms with van der Waals surface area (Å²) in [5.74, 6) is -2.48. The SMILES string of the molecule is O=C(N[C@@H]1CCC[C@H]1OC(=O)c1cc(O)c(-c2n[nH]c(=O)c3cccc(O)c23)c(O)c1)c1ccc(O)cc1. The van der Waals surface area contributed by atoms with E-state index in [1.54, 1.807) is 0 Å². The predicted molar refractivity (Wildman–Crippen MR) is 135 cm³/mol. The Kier molecular flexibility index (Phi) is 6.33. The molecule has 1 fully saturated rings. The van der Waals surface area contributed by atoms with Crippen molar-refractivity contribution in [2.24, 2.45) is 0 Å². The van der Waals surface area contributed by atoms with Gasteiger partial charge in [0.25, 0.3) is 11.5 Å². The molecule has 0 saturated heterocycles. The fourth-order valence-electron chi connectivity index (χ4n) is 4.66. The van der Waals surface area contributed by atoms with Crippen molar-refractivity contribution in [1.29, 1.82) is 0 Å². The summed E-state index contributed by atoms with van der Waals surface area (Å²) in [5, 5.41) is 50.3. The quantitative estimate of drug-likeness (QED) is 0.217. The van der Waals surface area contributed by atoms with E-state index >= 15 is 0 Å². The second-order valence-electron chi connectivity index (χ2n) is 8.99. The average Bonchev–Trinajstić information content (AvgIpc) is 3.31.